The lowest BCUT2D eigenvalue weighted by atomic mass is 9.93. The van der Waals surface area contributed by atoms with E-state index in [4.69, 9.17) is 9.72 Å². The highest BCUT2D eigenvalue weighted by atomic mass is 19.1. The van der Waals surface area contributed by atoms with Crippen molar-refractivity contribution in [2.45, 2.75) is 45.8 Å². The van der Waals surface area contributed by atoms with Crippen molar-refractivity contribution in [2.75, 3.05) is 25.1 Å². The molecule has 0 bridgehead atoms. The second-order valence-electron chi connectivity index (χ2n) is 10.2. The fraction of sp³-hybridized carbons (Fsp3) is 0.355. The Labute approximate surface area is 223 Å². The van der Waals surface area contributed by atoms with E-state index in [-0.39, 0.29) is 23.5 Å². The Morgan fingerprint density at radius 1 is 0.974 bits per heavy atom. The largest absolute Gasteiger partial charge is 0.481 e. The zero-order chi connectivity index (χ0) is 27.0. The maximum atomic E-state index is 14.4. The van der Waals surface area contributed by atoms with Gasteiger partial charge in [0.1, 0.15) is 11.3 Å². The van der Waals surface area contributed by atoms with Crippen LogP contribution in [0.4, 0.5) is 10.1 Å². The minimum Gasteiger partial charge on any atom is -0.481 e. The van der Waals surface area contributed by atoms with Crippen LogP contribution in [-0.4, -0.2) is 46.7 Å². The van der Waals surface area contributed by atoms with Gasteiger partial charge in [-0.25, -0.2) is 9.37 Å². The number of benzene rings is 2. The van der Waals surface area contributed by atoms with Crippen molar-refractivity contribution >= 4 is 16.7 Å². The fourth-order valence-electron chi connectivity index (χ4n) is 5.63. The van der Waals surface area contributed by atoms with Crippen LogP contribution in [0.3, 0.4) is 0 Å². The summed E-state index contributed by atoms with van der Waals surface area (Å²) in [6, 6.07) is 19.1. The van der Waals surface area contributed by atoms with E-state index in [1.54, 1.807) is 43.0 Å². The number of nitrogens with zero attached hydrogens (tertiary/aromatic N) is 4. The van der Waals surface area contributed by atoms with E-state index in [0.717, 1.165) is 59.5 Å². The SMILES string of the molecule is CCc1ccccc1-c1cc(F)ccc1CN1C[C@H](C)N(c2cc(=O)n(C)c3ccc(OC)nc23)C[C@H]1C. The van der Waals surface area contributed by atoms with Crippen LogP contribution in [0.15, 0.2) is 65.5 Å². The molecule has 1 aliphatic heterocycles. The fourth-order valence-corrected chi connectivity index (χ4v) is 5.63. The van der Waals surface area contributed by atoms with Crippen molar-refractivity contribution in [3.63, 3.8) is 0 Å². The van der Waals surface area contributed by atoms with Crippen molar-refractivity contribution in [2.24, 2.45) is 7.05 Å². The molecule has 0 aliphatic carbocycles. The van der Waals surface area contributed by atoms with Crippen LogP contribution in [0.1, 0.15) is 31.9 Å². The molecule has 1 fully saturated rings. The van der Waals surface area contributed by atoms with Gasteiger partial charge < -0.3 is 14.2 Å². The lowest BCUT2D eigenvalue weighted by Gasteiger charge is -2.45. The summed E-state index contributed by atoms with van der Waals surface area (Å²) in [7, 11) is 3.37. The van der Waals surface area contributed by atoms with Gasteiger partial charge in [-0.1, -0.05) is 37.3 Å². The second kappa shape index (κ2) is 10.6. The third-order valence-corrected chi connectivity index (χ3v) is 7.81. The number of halogens is 1. The van der Waals surface area contributed by atoms with E-state index in [0.29, 0.717) is 5.88 Å². The number of rotatable bonds is 6. The van der Waals surface area contributed by atoms with Crippen molar-refractivity contribution in [3.05, 3.63) is 88.0 Å². The Morgan fingerprint density at radius 2 is 1.76 bits per heavy atom. The molecular weight excluding hydrogens is 479 g/mol. The molecule has 4 aromatic rings. The Bertz CT molecular complexity index is 1530. The van der Waals surface area contributed by atoms with E-state index in [1.165, 1.54) is 5.56 Å². The molecule has 1 aliphatic rings. The number of piperazine rings is 1. The highest BCUT2D eigenvalue weighted by molar-refractivity contribution is 5.89. The van der Waals surface area contributed by atoms with Gasteiger partial charge in [0.25, 0.3) is 5.56 Å². The van der Waals surface area contributed by atoms with Gasteiger partial charge in [0.15, 0.2) is 0 Å². The Balaban J connectivity index is 1.46. The number of methoxy groups -OCH3 is 1. The van der Waals surface area contributed by atoms with E-state index in [1.807, 2.05) is 24.3 Å². The average molecular weight is 515 g/mol. The molecule has 0 N–H and O–H groups in total. The summed E-state index contributed by atoms with van der Waals surface area (Å²) in [5.74, 6) is 0.300. The summed E-state index contributed by atoms with van der Waals surface area (Å²) in [6.45, 7) is 8.78. The number of aryl methyl sites for hydroxylation is 2. The van der Waals surface area contributed by atoms with Gasteiger partial charge in [-0.2, -0.15) is 0 Å². The van der Waals surface area contributed by atoms with E-state index in [9.17, 15) is 9.18 Å². The molecular formula is C31H35FN4O2. The van der Waals surface area contributed by atoms with Gasteiger partial charge in [0.05, 0.1) is 18.3 Å². The van der Waals surface area contributed by atoms with Crippen molar-refractivity contribution in [1.82, 2.24) is 14.5 Å². The number of hydrogen-bond acceptors (Lipinski definition) is 5. The molecule has 0 amide bonds. The van der Waals surface area contributed by atoms with Crippen LogP contribution in [-0.2, 0) is 20.0 Å². The molecule has 2 aromatic heterocycles. The third kappa shape index (κ3) is 4.78. The molecule has 2 aromatic carbocycles. The molecule has 2 atom stereocenters. The quantitative estimate of drug-likeness (QED) is 0.344. The van der Waals surface area contributed by atoms with Crippen LogP contribution in [0.25, 0.3) is 22.2 Å². The average Bonchev–Trinajstić information content (AvgIpc) is 2.93. The van der Waals surface area contributed by atoms with Gasteiger partial charge in [-0.3, -0.25) is 9.69 Å². The summed E-state index contributed by atoms with van der Waals surface area (Å²) in [4.78, 5) is 22.3. The summed E-state index contributed by atoms with van der Waals surface area (Å²) < 4.78 is 21.4. The Hall–Kier alpha value is -3.71. The van der Waals surface area contributed by atoms with Crippen molar-refractivity contribution in [3.8, 4) is 17.0 Å². The summed E-state index contributed by atoms with van der Waals surface area (Å²) in [5.41, 5.74) is 6.69. The molecule has 0 unspecified atom stereocenters. The third-order valence-electron chi connectivity index (χ3n) is 7.81. The lowest BCUT2D eigenvalue weighted by Crippen LogP contribution is -2.56. The van der Waals surface area contributed by atoms with Gasteiger partial charge >= 0.3 is 0 Å². The minimum atomic E-state index is -0.221. The summed E-state index contributed by atoms with van der Waals surface area (Å²) in [5, 5.41) is 0. The van der Waals surface area contributed by atoms with Crippen molar-refractivity contribution < 1.29 is 9.13 Å². The first-order valence-electron chi connectivity index (χ1n) is 13.2. The maximum Gasteiger partial charge on any atom is 0.252 e. The number of fused-ring (bicyclic) bond motifs is 1. The van der Waals surface area contributed by atoms with E-state index < -0.39 is 0 Å². The molecule has 0 spiro atoms. The first-order chi connectivity index (χ1) is 18.3. The number of anilines is 1. The highest BCUT2D eigenvalue weighted by Crippen LogP contribution is 2.33. The molecule has 7 heteroatoms. The Morgan fingerprint density at radius 3 is 2.53 bits per heavy atom. The van der Waals surface area contributed by atoms with Gasteiger partial charge in [0.2, 0.25) is 5.88 Å². The molecule has 6 nitrogen and oxygen atoms in total. The number of pyridine rings is 2. The zero-order valence-corrected chi connectivity index (χ0v) is 22.7. The first kappa shape index (κ1) is 25.9. The molecule has 38 heavy (non-hydrogen) atoms. The molecule has 198 valence electrons. The molecule has 3 heterocycles. The Kier molecular flexibility index (Phi) is 7.21. The standard InChI is InChI=1S/C31H35FN4O2/c1-6-22-9-7-8-10-25(22)26-15-24(32)12-11-23(26)19-35-17-21(3)36(18-20(35)2)28-16-30(37)34(4)27-13-14-29(38-5)33-31(27)28/h7-16,20-21H,6,17-19H2,1-5H3/t20-,21+/m1/s1. The van der Waals surface area contributed by atoms with Crippen LogP contribution < -0.4 is 15.2 Å². The minimum absolute atomic E-state index is 0.0627. The lowest BCUT2D eigenvalue weighted by molar-refractivity contribution is 0.158. The summed E-state index contributed by atoms with van der Waals surface area (Å²) >= 11 is 0. The smallest absolute Gasteiger partial charge is 0.252 e. The maximum absolute atomic E-state index is 14.4. The van der Waals surface area contributed by atoms with Crippen LogP contribution in [0.2, 0.25) is 0 Å². The highest BCUT2D eigenvalue weighted by Gasteiger charge is 2.31. The van der Waals surface area contributed by atoms with Gasteiger partial charge in [-0.05, 0) is 60.7 Å². The zero-order valence-electron chi connectivity index (χ0n) is 22.7. The van der Waals surface area contributed by atoms with E-state index >= 15 is 0 Å². The monoisotopic (exact) mass is 514 g/mol. The molecule has 1 saturated heterocycles. The second-order valence-corrected chi connectivity index (χ2v) is 10.2. The van der Waals surface area contributed by atoms with E-state index in [2.05, 4.69) is 42.7 Å². The predicted molar refractivity (Wildman–Crippen MR) is 151 cm³/mol. The molecule has 0 radical (unpaired) electrons. The number of aromatic nitrogens is 2. The molecule has 5 rings (SSSR count). The number of hydrogen-bond donors (Lipinski definition) is 0. The van der Waals surface area contributed by atoms with Crippen LogP contribution in [0.5, 0.6) is 5.88 Å². The molecule has 0 saturated carbocycles. The van der Waals surface area contributed by atoms with Gasteiger partial charge in [-0.15, -0.1) is 0 Å². The first-order valence-corrected chi connectivity index (χ1v) is 13.2. The number of ether oxygens (including phenoxy) is 1. The predicted octanol–water partition coefficient (Wildman–Crippen LogP) is 5.41. The summed E-state index contributed by atoms with van der Waals surface area (Å²) in [6.07, 6.45) is 0.890. The van der Waals surface area contributed by atoms with Crippen LogP contribution >= 0.6 is 0 Å². The van der Waals surface area contributed by atoms with Gasteiger partial charge in [0, 0.05) is 50.9 Å². The van der Waals surface area contributed by atoms with Crippen molar-refractivity contribution in [1.29, 1.82) is 0 Å². The normalized spacial score (nSPS) is 18.2. The topological polar surface area (TPSA) is 50.6 Å². The van der Waals surface area contributed by atoms with Crippen LogP contribution in [0, 0.1) is 5.82 Å².